The molecule has 7 heteroatoms. The van der Waals surface area contributed by atoms with Crippen LogP contribution < -0.4 is 4.74 Å². The van der Waals surface area contributed by atoms with Crippen LogP contribution >= 0.6 is 0 Å². The number of benzene rings is 2. The Labute approximate surface area is 197 Å². The van der Waals surface area contributed by atoms with E-state index in [0.717, 1.165) is 16.9 Å². The highest BCUT2D eigenvalue weighted by molar-refractivity contribution is 6.01. The van der Waals surface area contributed by atoms with Crippen LogP contribution in [0.25, 0.3) is 27.7 Å². The summed E-state index contributed by atoms with van der Waals surface area (Å²) in [6.07, 6.45) is 2.27. The third kappa shape index (κ3) is 3.71. The van der Waals surface area contributed by atoms with E-state index in [1.54, 1.807) is 32.2 Å². The highest BCUT2D eigenvalue weighted by Crippen LogP contribution is 2.35. The molecule has 0 saturated heterocycles. The minimum atomic E-state index is -0.324. The molecule has 0 saturated carbocycles. The first kappa shape index (κ1) is 22.1. The number of para-hydroxylation sites is 2. The Morgan fingerprint density at radius 2 is 1.74 bits per heavy atom. The molecular formula is C27H27FN4O2. The van der Waals surface area contributed by atoms with Crippen molar-refractivity contribution in [3.05, 3.63) is 71.9 Å². The first-order valence-corrected chi connectivity index (χ1v) is 11.6. The van der Waals surface area contributed by atoms with Gasteiger partial charge in [-0.2, -0.15) is 0 Å². The Bertz CT molecular complexity index is 1530. The smallest absolute Gasteiger partial charge is 0.313 e. The van der Waals surface area contributed by atoms with Crippen LogP contribution in [-0.4, -0.2) is 24.9 Å². The zero-order valence-electron chi connectivity index (χ0n) is 19.7. The zero-order chi connectivity index (χ0) is 24.0. The molecule has 6 nitrogen and oxygen atoms in total. The topological polar surface area (TPSA) is 61.4 Å². The number of hydrogen-bond acceptors (Lipinski definition) is 4. The normalized spacial score (nSPS) is 12.0. The number of halogens is 1. The van der Waals surface area contributed by atoms with E-state index < -0.39 is 0 Å². The van der Waals surface area contributed by atoms with Gasteiger partial charge >= 0.3 is 5.97 Å². The summed E-state index contributed by atoms with van der Waals surface area (Å²) in [7, 11) is 0. The van der Waals surface area contributed by atoms with E-state index >= 15 is 0 Å². The number of carbonyl (C=O) groups excluding carboxylic acids is 1. The van der Waals surface area contributed by atoms with Crippen LogP contribution in [0.15, 0.2) is 54.7 Å². The summed E-state index contributed by atoms with van der Waals surface area (Å²) < 4.78 is 24.1. The quantitative estimate of drug-likeness (QED) is 0.297. The lowest BCUT2D eigenvalue weighted by atomic mass is 10.1. The lowest BCUT2D eigenvalue weighted by Crippen LogP contribution is -2.14. The average Bonchev–Trinajstić information content (AvgIpc) is 3.36. The molecule has 34 heavy (non-hydrogen) atoms. The number of esters is 1. The van der Waals surface area contributed by atoms with Gasteiger partial charge in [-0.3, -0.25) is 9.20 Å². The van der Waals surface area contributed by atoms with E-state index in [4.69, 9.17) is 14.7 Å². The van der Waals surface area contributed by atoms with Crippen molar-refractivity contribution in [1.82, 2.24) is 18.9 Å². The molecule has 0 aliphatic carbocycles. The predicted molar refractivity (Wildman–Crippen MR) is 131 cm³/mol. The second-order valence-electron chi connectivity index (χ2n) is 9.19. The molecule has 0 aliphatic heterocycles. The maximum atomic E-state index is 14.3. The Kier molecular flexibility index (Phi) is 5.55. The number of fused-ring (bicyclic) bond motifs is 5. The summed E-state index contributed by atoms with van der Waals surface area (Å²) >= 11 is 0. The second-order valence-corrected chi connectivity index (χ2v) is 9.19. The Hall–Kier alpha value is -3.74. The van der Waals surface area contributed by atoms with Crippen molar-refractivity contribution in [1.29, 1.82) is 0 Å². The number of nitrogens with zero attached hydrogens (tertiary/aromatic N) is 4. The molecule has 0 bridgehead atoms. The van der Waals surface area contributed by atoms with Crippen molar-refractivity contribution in [2.75, 3.05) is 0 Å². The van der Waals surface area contributed by atoms with Gasteiger partial charge in [0.2, 0.25) is 0 Å². The molecule has 5 aromatic rings. The largest absolute Gasteiger partial charge is 0.424 e. The Balaban J connectivity index is 1.75. The van der Waals surface area contributed by atoms with Gasteiger partial charge in [0.15, 0.2) is 11.4 Å². The van der Waals surface area contributed by atoms with Gasteiger partial charge in [-0.25, -0.2) is 14.4 Å². The van der Waals surface area contributed by atoms with Crippen LogP contribution in [0.4, 0.5) is 4.39 Å². The van der Waals surface area contributed by atoms with Crippen molar-refractivity contribution >= 4 is 33.7 Å². The summed E-state index contributed by atoms with van der Waals surface area (Å²) in [5.41, 5.74) is 3.80. The molecule has 2 aromatic carbocycles. The minimum Gasteiger partial charge on any atom is -0.424 e. The fraction of sp³-hybridized carbons (Fsp3) is 0.296. The van der Waals surface area contributed by atoms with Crippen LogP contribution in [0.1, 0.15) is 45.0 Å². The summed E-state index contributed by atoms with van der Waals surface area (Å²) in [6.45, 7) is 8.27. The van der Waals surface area contributed by atoms with E-state index in [2.05, 4.69) is 18.2 Å². The molecule has 3 aromatic heterocycles. The summed E-state index contributed by atoms with van der Waals surface area (Å²) in [6, 6.07) is 14.7. The molecule has 0 unspecified atom stereocenters. The molecule has 0 N–H and O–H groups in total. The van der Waals surface area contributed by atoms with Gasteiger partial charge in [-0.1, -0.05) is 58.0 Å². The summed E-state index contributed by atoms with van der Waals surface area (Å²) in [5, 5.41) is 0.683. The van der Waals surface area contributed by atoms with Gasteiger partial charge in [-0.15, -0.1) is 0 Å². The van der Waals surface area contributed by atoms with E-state index in [-0.39, 0.29) is 23.6 Å². The SMILES string of the molecule is CC(C)C(=O)Oc1cn(CCc2ccccc2F)c2nc(C(C)C)n3c4ccccc4nc3c12. The molecule has 0 spiro atoms. The summed E-state index contributed by atoms with van der Waals surface area (Å²) in [4.78, 5) is 22.5. The van der Waals surface area contributed by atoms with Gasteiger partial charge in [0.1, 0.15) is 22.7 Å². The van der Waals surface area contributed by atoms with Gasteiger partial charge < -0.3 is 9.30 Å². The number of ether oxygens (including phenoxy) is 1. The molecule has 0 aliphatic rings. The Morgan fingerprint density at radius 3 is 2.47 bits per heavy atom. The molecule has 174 valence electrons. The third-order valence-corrected chi connectivity index (χ3v) is 6.03. The second kappa shape index (κ2) is 8.56. The van der Waals surface area contributed by atoms with Crippen molar-refractivity contribution in [3.8, 4) is 5.75 Å². The van der Waals surface area contributed by atoms with Crippen LogP contribution in [0.3, 0.4) is 0 Å². The van der Waals surface area contributed by atoms with E-state index in [1.807, 2.05) is 34.9 Å². The fourth-order valence-corrected chi connectivity index (χ4v) is 4.24. The number of rotatable bonds is 6. The zero-order valence-corrected chi connectivity index (χ0v) is 19.7. The Morgan fingerprint density at radius 1 is 1.00 bits per heavy atom. The molecule has 5 rings (SSSR count). The van der Waals surface area contributed by atoms with Crippen LogP contribution in [-0.2, 0) is 17.8 Å². The molecule has 0 fully saturated rings. The highest BCUT2D eigenvalue weighted by Gasteiger charge is 2.24. The van der Waals surface area contributed by atoms with Crippen LogP contribution in [0.2, 0.25) is 0 Å². The van der Waals surface area contributed by atoms with E-state index in [9.17, 15) is 9.18 Å². The lowest BCUT2D eigenvalue weighted by Gasteiger charge is -2.12. The predicted octanol–water partition coefficient (Wildman–Crippen LogP) is 5.90. The van der Waals surface area contributed by atoms with Gasteiger partial charge in [0.25, 0.3) is 0 Å². The maximum Gasteiger partial charge on any atom is 0.313 e. The highest BCUT2D eigenvalue weighted by atomic mass is 19.1. The first-order valence-electron chi connectivity index (χ1n) is 11.6. The molecule has 0 atom stereocenters. The third-order valence-electron chi connectivity index (χ3n) is 6.03. The number of aryl methyl sites for hydroxylation is 2. The number of aromatic nitrogens is 4. The van der Waals surface area contributed by atoms with Crippen molar-refractivity contribution in [2.45, 2.75) is 46.6 Å². The lowest BCUT2D eigenvalue weighted by molar-refractivity contribution is -0.137. The van der Waals surface area contributed by atoms with Gasteiger partial charge in [0, 0.05) is 18.7 Å². The number of carbonyl (C=O) groups is 1. The monoisotopic (exact) mass is 458 g/mol. The van der Waals surface area contributed by atoms with E-state index in [1.165, 1.54) is 6.07 Å². The van der Waals surface area contributed by atoms with Crippen molar-refractivity contribution in [2.24, 2.45) is 5.92 Å². The van der Waals surface area contributed by atoms with Crippen LogP contribution in [0.5, 0.6) is 5.75 Å². The van der Waals surface area contributed by atoms with Gasteiger partial charge in [-0.05, 0) is 30.2 Å². The molecule has 0 radical (unpaired) electrons. The van der Waals surface area contributed by atoms with E-state index in [0.29, 0.717) is 41.0 Å². The molecule has 3 heterocycles. The average molecular weight is 459 g/mol. The standard InChI is InChI=1S/C27H27FN4O2/c1-16(2)24-30-25-23(26-29-20-11-7-8-12-21(20)32(24)26)22(34-27(33)17(3)4)15-31(25)14-13-18-9-5-6-10-19(18)28/h5-12,15-17H,13-14H2,1-4H3. The first-order chi connectivity index (χ1) is 16.3. The van der Waals surface area contributed by atoms with Crippen molar-refractivity contribution < 1.29 is 13.9 Å². The molecule has 0 amide bonds. The van der Waals surface area contributed by atoms with Gasteiger partial charge in [0.05, 0.1) is 17.0 Å². The number of imidazole rings is 1. The minimum absolute atomic E-state index is 0.126. The maximum absolute atomic E-state index is 14.3. The van der Waals surface area contributed by atoms with Crippen molar-refractivity contribution in [3.63, 3.8) is 0 Å². The fourth-order valence-electron chi connectivity index (χ4n) is 4.24. The van der Waals surface area contributed by atoms with Crippen LogP contribution in [0, 0.1) is 11.7 Å². The molecular weight excluding hydrogens is 431 g/mol. The summed E-state index contributed by atoms with van der Waals surface area (Å²) in [5.74, 6) is 0.572. The number of hydrogen-bond donors (Lipinski definition) is 0.